The summed E-state index contributed by atoms with van der Waals surface area (Å²) in [4.78, 5) is 8.10. The number of hydrogen-bond donors (Lipinski definition) is 1. The van der Waals surface area contributed by atoms with Gasteiger partial charge in [-0.3, -0.25) is 0 Å². The van der Waals surface area contributed by atoms with Crippen LogP contribution in [0.4, 0.5) is 24.7 Å². The summed E-state index contributed by atoms with van der Waals surface area (Å²) in [6.07, 6.45) is -4.38. The lowest BCUT2D eigenvalue weighted by molar-refractivity contribution is -0.137. The molecule has 0 radical (unpaired) electrons. The Labute approximate surface area is 118 Å². The second-order valence-electron chi connectivity index (χ2n) is 4.24. The van der Waals surface area contributed by atoms with Gasteiger partial charge < -0.3 is 5.32 Å². The van der Waals surface area contributed by atoms with Crippen LogP contribution in [0.3, 0.4) is 0 Å². The zero-order chi connectivity index (χ0) is 14.9. The minimum absolute atomic E-state index is 0.270. The molecule has 2 aromatic rings. The second-order valence-corrected chi connectivity index (χ2v) is 4.60. The van der Waals surface area contributed by atoms with Crippen LogP contribution in [0.5, 0.6) is 0 Å². The van der Waals surface area contributed by atoms with Crippen molar-refractivity contribution in [3.05, 3.63) is 46.4 Å². The van der Waals surface area contributed by atoms with Crippen molar-refractivity contribution in [1.29, 1.82) is 0 Å². The normalized spacial score (nSPS) is 11.5. The number of aryl methyl sites for hydroxylation is 1. The molecule has 0 unspecified atom stereocenters. The Morgan fingerprint density at radius 3 is 2.50 bits per heavy atom. The molecule has 7 heteroatoms. The Bertz CT molecular complexity index is 641. The summed E-state index contributed by atoms with van der Waals surface area (Å²) in [6.45, 7) is 3.35. The summed E-state index contributed by atoms with van der Waals surface area (Å²) < 4.78 is 37.9. The van der Waals surface area contributed by atoms with Crippen molar-refractivity contribution in [2.75, 3.05) is 5.32 Å². The van der Waals surface area contributed by atoms with Gasteiger partial charge in [0.2, 0.25) is 0 Å². The number of hydrogen-bond acceptors (Lipinski definition) is 3. The molecule has 1 aromatic carbocycles. The fraction of sp³-hybridized carbons (Fsp3) is 0.231. The minimum atomic E-state index is -4.38. The fourth-order valence-corrected chi connectivity index (χ4v) is 1.84. The summed E-state index contributed by atoms with van der Waals surface area (Å²) in [6, 6.07) is 4.89. The van der Waals surface area contributed by atoms with Gasteiger partial charge in [-0.1, -0.05) is 17.7 Å². The van der Waals surface area contributed by atoms with Gasteiger partial charge in [-0.2, -0.15) is 13.2 Å². The van der Waals surface area contributed by atoms with Crippen LogP contribution >= 0.6 is 11.6 Å². The minimum Gasteiger partial charge on any atom is -0.340 e. The molecule has 0 bridgehead atoms. The molecule has 1 N–H and O–H groups in total. The standard InChI is InChI=1S/C13H11ClF3N3/c1-7-11(14)18-8(2)19-12(7)20-10-5-3-4-9(6-10)13(15,16)17/h3-6H,1-2H3,(H,18,19,20). The van der Waals surface area contributed by atoms with Crippen LogP contribution in [0.2, 0.25) is 5.15 Å². The van der Waals surface area contributed by atoms with E-state index in [2.05, 4.69) is 15.3 Å². The number of aromatic nitrogens is 2. The molecule has 3 nitrogen and oxygen atoms in total. The van der Waals surface area contributed by atoms with Crippen molar-refractivity contribution in [3.8, 4) is 0 Å². The molecule has 0 saturated carbocycles. The van der Waals surface area contributed by atoms with Crippen molar-refractivity contribution < 1.29 is 13.2 Å². The number of nitrogens with one attached hydrogen (secondary N) is 1. The van der Waals surface area contributed by atoms with Gasteiger partial charge in [0.25, 0.3) is 0 Å². The first kappa shape index (κ1) is 14.6. The third kappa shape index (κ3) is 3.19. The van der Waals surface area contributed by atoms with Crippen LogP contribution < -0.4 is 5.32 Å². The Balaban J connectivity index is 2.36. The maximum atomic E-state index is 12.6. The average molecular weight is 302 g/mol. The average Bonchev–Trinajstić information content (AvgIpc) is 2.35. The van der Waals surface area contributed by atoms with Crippen molar-refractivity contribution in [2.45, 2.75) is 20.0 Å². The molecule has 0 fully saturated rings. The fourth-order valence-electron chi connectivity index (χ4n) is 1.63. The van der Waals surface area contributed by atoms with Gasteiger partial charge in [0.05, 0.1) is 5.56 Å². The quantitative estimate of drug-likeness (QED) is 0.829. The van der Waals surface area contributed by atoms with Crippen molar-refractivity contribution in [3.63, 3.8) is 0 Å². The topological polar surface area (TPSA) is 37.8 Å². The van der Waals surface area contributed by atoms with Crippen molar-refractivity contribution >= 4 is 23.1 Å². The van der Waals surface area contributed by atoms with E-state index in [4.69, 9.17) is 11.6 Å². The van der Waals surface area contributed by atoms with Gasteiger partial charge in [0, 0.05) is 11.3 Å². The van der Waals surface area contributed by atoms with Gasteiger partial charge in [0.1, 0.15) is 16.8 Å². The van der Waals surface area contributed by atoms with E-state index in [0.717, 1.165) is 12.1 Å². The molecule has 0 amide bonds. The molecule has 0 atom stereocenters. The molecule has 0 saturated heterocycles. The first-order valence-electron chi connectivity index (χ1n) is 5.72. The van der Waals surface area contributed by atoms with Gasteiger partial charge >= 0.3 is 6.18 Å². The van der Waals surface area contributed by atoms with E-state index in [1.54, 1.807) is 13.8 Å². The Hall–Kier alpha value is -1.82. The van der Waals surface area contributed by atoms with E-state index in [1.165, 1.54) is 12.1 Å². The van der Waals surface area contributed by atoms with E-state index in [-0.39, 0.29) is 10.8 Å². The van der Waals surface area contributed by atoms with Gasteiger partial charge in [-0.05, 0) is 32.0 Å². The molecule has 2 rings (SSSR count). The Kier molecular flexibility index (Phi) is 3.85. The van der Waals surface area contributed by atoms with Crippen LogP contribution in [0.15, 0.2) is 24.3 Å². The molecule has 0 aliphatic carbocycles. The highest BCUT2D eigenvalue weighted by molar-refractivity contribution is 6.30. The molecular weight excluding hydrogens is 291 g/mol. The number of alkyl halides is 3. The van der Waals surface area contributed by atoms with Crippen molar-refractivity contribution in [1.82, 2.24) is 9.97 Å². The molecule has 0 aliphatic heterocycles. The van der Waals surface area contributed by atoms with Crippen LogP contribution in [-0.4, -0.2) is 9.97 Å². The van der Waals surface area contributed by atoms with Gasteiger partial charge in [-0.25, -0.2) is 9.97 Å². The predicted octanol–water partition coefficient (Wildman–Crippen LogP) is 4.51. The molecule has 0 aliphatic rings. The van der Waals surface area contributed by atoms with E-state index in [0.29, 0.717) is 17.2 Å². The van der Waals surface area contributed by atoms with E-state index in [9.17, 15) is 13.2 Å². The molecule has 106 valence electrons. The highest BCUT2D eigenvalue weighted by atomic mass is 35.5. The highest BCUT2D eigenvalue weighted by Gasteiger charge is 2.30. The zero-order valence-electron chi connectivity index (χ0n) is 10.7. The van der Waals surface area contributed by atoms with Gasteiger partial charge in [0.15, 0.2) is 0 Å². The second kappa shape index (κ2) is 5.28. The summed E-state index contributed by atoms with van der Waals surface area (Å²) in [5, 5.41) is 3.10. The highest BCUT2D eigenvalue weighted by Crippen LogP contribution is 2.32. The van der Waals surface area contributed by atoms with Crippen molar-refractivity contribution in [2.24, 2.45) is 0 Å². The lowest BCUT2D eigenvalue weighted by Gasteiger charge is -2.12. The smallest absolute Gasteiger partial charge is 0.340 e. The molecule has 20 heavy (non-hydrogen) atoms. The summed E-state index contributed by atoms with van der Waals surface area (Å²) >= 11 is 5.92. The summed E-state index contributed by atoms with van der Waals surface area (Å²) in [5.41, 5.74) is 0.142. The van der Waals surface area contributed by atoms with Gasteiger partial charge in [-0.15, -0.1) is 0 Å². The summed E-state index contributed by atoms with van der Waals surface area (Å²) in [7, 11) is 0. The first-order valence-corrected chi connectivity index (χ1v) is 6.10. The maximum Gasteiger partial charge on any atom is 0.416 e. The number of anilines is 2. The lowest BCUT2D eigenvalue weighted by Crippen LogP contribution is -2.06. The number of rotatable bonds is 2. The van der Waals surface area contributed by atoms with Crippen LogP contribution in [0, 0.1) is 13.8 Å². The maximum absolute atomic E-state index is 12.6. The largest absolute Gasteiger partial charge is 0.416 e. The Morgan fingerprint density at radius 1 is 1.15 bits per heavy atom. The third-order valence-corrected chi connectivity index (χ3v) is 3.02. The van der Waals surface area contributed by atoms with Crippen LogP contribution in [-0.2, 0) is 6.18 Å². The van der Waals surface area contributed by atoms with Crippen LogP contribution in [0.25, 0.3) is 0 Å². The summed E-state index contributed by atoms with van der Waals surface area (Å²) in [5.74, 6) is 0.830. The Morgan fingerprint density at radius 2 is 1.85 bits per heavy atom. The predicted molar refractivity (Wildman–Crippen MR) is 71.2 cm³/mol. The number of halogens is 4. The number of nitrogens with zero attached hydrogens (tertiary/aromatic N) is 2. The molecule has 0 spiro atoms. The van der Waals surface area contributed by atoms with E-state index in [1.807, 2.05) is 0 Å². The number of benzene rings is 1. The first-order chi connectivity index (χ1) is 9.27. The van der Waals surface area contributed by atoms with Crippen LogP contribution in [0.1, 0.15) is 17.0 Å². The lowest BCUT2D eigenvalue weighted by atomic mass is 10.2. The molecular formula is C13H11ClF3N3. The van der Waals surface area contributed by atoms with E-state index >= 15 is 0 Å². The monoisotopic (exact) mass is 301 g/mol. The SMILES string of the molecule is Cc1nc(Cl)c(C)c(Nc2cccc(C(F)(F)F)c2)n1. The zero-order valence-corrected chi connectivity index (χ0v) is 11.5. The van der Waals surface area contributed by atoms with E-state index < -0.39 is 11.7 Å². The molecule has 1 heterocycles. The third-order valence-electron chi connectivity index (χ3n) is 2.65. The molecule has 1 aromatic heterocycles.